The number of thioether (sulfide) groups is 1. The molecule has 3 N–H and O–H groups in total. The molecule has 0 aromatic rings. The number of carboxylic acid groups (broad SMARTS) is 1. The van der Waals surface area contributed by atoms with Crippen LogP contribution in [0.25, 0.3) is 0 Å². The van der Waals surface area contributed by atoms with Gasteiger partial charge >= 0.3 is 5.97 Å². The molecule has 1 unspecified atom stereocenters. The van der Waals surface area contributed by atoms with E-state index >= 15 is 0 Å². The summed E-state index contributed by atoms with van der Waals surface area (Å²) in [6, 6.07) is -0.950. The van der Waals surface area contributed by atoms with Crippen LogP contribution in [-0.4, -0.2) is 73.9 Å². The van der Waals surface area contributed by atoms with Crippen molar-refractivity contribution >= 4 is 29.5 Å². The Hall–Kier alpha value is -1.32. The number of nitrogens with one attached hydrogen (secondary N) is 2. The van der Waals surface area contributed by atoms with E-state index in [1.807, 2.05) is 13.2 Å². The predicted molar refractivity (Wildman–Crippen MR) is 96.7 cm³/mol. The lowest BCUT2D eigenvalue weighted by atomic mass is 10.1. The van der Waals surface area contributed by atoms with E-state index in [1.54, 1.807) is 0 Å². The fraction of sp³-hybridized carbons (Fsp3) is 0.812. The number of carbonyl (C=O) groups is 3. The fourth-order valence-corrected chi connectivity index (χ4v) is 2.27. The van der Waals surface area contributed by atoms with Gasteiger partial charge in [0.2, 0.25) is 11.8 Å². The number of hydrogen-bond acceptors (Lipinski definition) is 6. The molecule has 146 valence electrons. The van der Waals surface area contributed by atoms with E-state index in [1.165, 1.54) is 11.8 Å². The number of carbonyl (C=O) groups excluding carboxylic acids is 2. The number of amides is 2. The first-order valence-electron chi connectivity index (χ1n) is 8.44. The van der Waals surface area contributed by atoms with Crippen molar-refractivity contribution in [2.24, 2.45) is 0 Å². The highest BCUT2D eigenvalue weighted by atomic mass is 32.2. The van der Waals surface area contributed by atoms with Crippen molar-refractivity contribution in [2.75, 3.05) is 45.0 Å². The standard InChI is InChI=1S/C16H30N2O6S/c1-3-8-23-9-10-24-11-14(19)18-13(16(21)22)6-4-5-7-17-15(20)12-25-2/h13H,3-12H2,1-2H3,(H,17,20)(H,18,19)(H,21,22). The summed E-state index contributed by atoms with van der Waals surface area (Å²) >= 11 is 1.44. The smallest absolute Gasteiger partial charge is 0.326 e. The van der Waals surface area contributed by atoms with E-state index in [2.05, 4.69) is 10.6 Å². The molecule has 9 heteroatoms. The van der Waals surface area contributed by atoms with Crippen molar-refractivity contribution in [2.45, 2.75) is 38.6 Å². The monoisotopic (exact) mass is 378 g/mol. The van der Waals surface area contributed by atoms with Gasteiger partial charge in [-0.1, -0.05) is 6.92 Å². The van der Waals surface area contributed by atoms with Crippen LogP contribution in [-0.2, 0) is 23.9 Å². The minimum atomic E-state index is -1.08. The molecule has 0 rings (SSSR count). The molecule has 25 heavy (non-hydrogen) atoms. The molecule has 0 bridgehead atoms. The summed E-state index contributed by atoms with van der Waals surface area (Å²) in [5.74, 6) is -1.16. The lowest BCUT2D eigenvalue weighted by Crippen LogP contribution is -2.42. The third-order valence-corrected chi connectivity index (χ3v) is 3.65. The quantitative estimate of drug-likeness (QED) is 0.338. The third kappa shape index (κ3) is 14.7. The average Bonchev–Trinajstić information content (AvgIpc) is 2.56. The van der Waals surface area contributed by atoms with Gasteiger partial charge in [0.05, 0.1) is 19.0 Å². The van der Waals surface area contributed by atoms with Crippen molar-refractivity contribution < 1.29 is 29.0 Å². The molecule has 0 aromatic carbocycles. The number of unbranched alkanes of at least 4 members (excludes halogenated alkanes) is 1. The molecular formula is C16H30N2O6S. The molecule has 2 amide bonds. The maximum Gasteiger partial charge on any atom is 0.326 e. The second-order valence-corrected chi connectivity index (χ2v) is 6.27. The van der Waals surface area contributed by atoms with Crippen LogP contribution in [0.3, 0.4) is 0 Å². The van der Waals surface area contributed by atoms with Crippen molar-refractivity contribution in [3.63, 3.8) is 0 Å². The maximum atomic E-state index is 11.7. The van der Waals surface area contributed by atoms with Crippen LogP contribution in [0.5, 0.6) is 0 Å². The number of aliphatic carboxylic acids is 1. The van der Waals surface area contributed by atoms with Gasteiger partial charge in [-0.3, -0.25) is 9.59 Å². The van der Waals surface area contributed by atoms with Gasteiger partial charge in [0.1, 0.15) is 12.6 Å². The van der Waals surface area contributed by atoms with Gasteiger partial charge in [0.15, 0.2) is 0 Å². The van der Waals surface area contributed by atoms with Crippen LogP contribution in [0.2, 0.25) is 0 Å². The fourth-order valence-electron chi connectivity index (χ4n) is 1.91. The minimum Gasteiger partial charge on any atom is -0.480 e. The van der Waals surface area contributed by atoms with Crippen molar-refractivity contribution in [1.29, 1.82) is 0 Å². The van der Waals surface area contributed by atoms with Crippen LogP contribution in [0.4, 0.5) is 0 Å². The van der Waals surface area contributed by atoms with E-state index in [4.69, 9.17) is 14.6 Å². The summed E-state index contributed by atoms with van der Waals surface area (Å²) in [5, 5.41) is 14.4. The van der Waals surface area contributed by atoms with Crippen molar-refractivity contribution in [1.82, 2.24) is 10.6 Å². The van der Waals surface area contributed by atoms with Gasteiger partial charge < -0.3 is 25.2 Å². The number of carboxylic acids is 1. The van der Waals surface area contributed by atoms with E-state index < -0.39 is 17.9 Å². The molecule has 0 aromatic heterocycles. The maximum absolute atomic E-state index is 11.7. The lowest BCUT2D eigenvalue weighted by molar-refractivity contribution is -0.142. The van der Waals surface area contributed by atoms with Crippen LogP contribution >= 0.6 is 11.8 Å². The number of ether oxygens (including phenoxy) is 2. The van der Waals surface area contributed by atoms with Crippen LogP contribution in [0, 0.1) is 0 Å². The molecule has 0 aliphatic heterocycles. The van der Waals surface area contributed by atoms with Crippen molar-refractivity contribution in [3.8, 4) is 0 Å². The Kier molecular flexibility index (Phi) is 15.3. The normalized spacial score (nSPS) is 11.8. The summed E-state index contributed by atoms with van der Waals surface area (Å²) < 4.78 is 10.3. The minimum absolute atomic E-state index is 0.0318. The summed E-state index contributed by atoms with van der Waals surface area (Å²) in [4.78, 5) is 34.2. The van der Waals surface area contributed by atoms with Crippen molar-refractivity contribution in [3.05, 3.63) is 0 Å². The summed E-state index contributed by atoms with van der Waals surface area (Å²) in [6.45, 7) is 3.66. The summed E-state index contributed by atoms with van der Waals surface area (Å²) in [7, 11) is 0. The SMILES string of the molecule is CCCOCCOCC(=O)NC(CCCCNC(=O)CSC)C(=O)O. The number of rotatable bonds is 16. The molecule has 0 radical (unpaired) electrons. The van der Waals surface area contributed by atoms with Gasteiger partial charge in [-0.2, -0.15) is 11.8 Å². The molecule has 8 nitrogen and oxygen atoms in total. The molecule has 0 spiro atoms. The third-order valence-electron chi connectivity index (χ3n) is 3.10. The average molecular weight is 378 g/mol. The Morgan fingerprint density at radius 1 is 1.08 bits per heavy atom. The van der Waals surface area contributed by atoms with Crippen LogP contribution in [0.1, 0.15) is 32.6 Å². The van der Waals surface area contributed by atoms with E-state index in [0.717, 1.165) is 6.42 Å². The van der Waals surface area contributed by atoms with Crippen LogP contribution in [0.15, 0.2) is 0 Å². The van der Waals surface area contributed by atoms with E-state index in [9.17, 15) is 14.4 Å². The summed E-state index contributed by atoms with van der Waals surface area (Å²) in [5.41, 5.74) is 0. The molecular weight excluding hydrogens is 348 g/mol. The second kappa shape index (κ2) is 16.2. The predicted octanol–water partition coefficient (Wildman–Crippen LogP) is 0.649. The van der Waals surface area contributed by atoms with Crippen LogP contribution < -0.4 is 10.6 Å². The molecule has 0 aliphatic carbocycles. The number of hydrogen-bond donors (Lipinski definition) is 3. The molecule has 0 aliphatic rings. The molecule has 0 heterocycles. The first-order valence-corrected chi connectivity index (χ1v) is 9.83. The second-order valence-electron chi connectivity index (χ2n) is 5.40. The lowest BCUT2D eigenvalue weighted by Gasteiger charge is -2.14. The molecule has 1 atom stereocenters. The molecule has 0 saturated carbocycles. The first-order chi connectivity index (χ1) is 12.0. The summed E-state index contributed by atoms with van der Waals surface area (Å²) in [6.07, 6.45) is 4.32. The Morgan fingerprint density at radius 3 is 2.44 bits per heavy atom. The zero-order valence-corrected chi connectivity index (χ0v) is 15.9. The van der Waals surface area contributed by atoms with E-state index in [-0.39, 0.29) is 12.5 Å². The van der Waals surface area contributed by atoms with Gasteiger partial charge in [0.25, 0.3) is 0 Å². The largest absolute Gasteiger partial charge is 0.480 e. The Morgan fingerprint density at radius 2 is 1.80 bits per heavy atom. The topological polar surface area (TPSA) is 114 Å². The molecule has 0 fully saturated rings. The highest BCUT2D eigenvalue weighted by molar-refractivity contribution is 7.99. The van der Waals surface area contributed by atoms with Gasteiger partial charge in [-0.15, -0.1) is 0 Å². The zero-order chi connectivity index (χ0) is 18.9. The molecule has 0 saturated heterocycles. The first kappa shape index (κ1) is 23.7. The Bertz CT molecular complexity index is 395. The highest BCUT2D eigenvalue weighted by Gasteiger charge is 2.19. The highest BCUT2D eigenvalue weighted by Crippen LogP contribution is 2.01. The zero-order valence-electron chi connectivity index (χ0n) is 15.0. The van der Waals surface area contributed by atoms with Gasteiger partial charge in [-0.05, 0) is 31.9 Å². The van der Waals surface area contributed by atoms with Gasteiger partial charge in [-0.25, -0.2) is 4.79 Å². The van der Waals surface area contributed by atoms with Gasteiger partial charge in [0, 0.05) is 13.2 Å². The Labute approximate surface area is 153 Å². The van der Waals surface area contributed by atoms with E-state index in [0.29, 0.717) is 51.4 Å². The Balaban J connectivity index is 3.84.